The summed E-state index contributed by atoms with van der Waals surface area (Å²) in [5.41, 5.74) is 1.83. The first kappa shape index (κ1) is 17.4. The number of ether oxygens (including phenoxy) is 2. The first-order chi connectivity index (χ1) is 12.7. The van der Waals surface area contributed by atoms with Crippen LogP contribution in [0.1, 0.15) is 25.0 Å². The second-order valence-electron chi connectivity index (χ2n) is 6.65. The quantitative estimate of drug-likeness (QED) is 0.830. The van der Waals surface area contributed by atoms with Crippen LogP contribution in [0.5, 0.6) is 5.88 Å². The molecule has 140 valence electrons. The first-order valence-corrected chi connectivity index (χ1v) is 9.40. The van der Waals surface area contributed by atoms with E-state index < -0.39 is 0 Å². The van der Waals surface area contributed by atoms with Crippen LogP contribution in [0.2, 0.25) is 5.02 Å². The Balaban J connectivity index is 1.63. The molecule has 2 aromatic rings. The molecule has 2 N–H and O–H groups in total. The van der Waals surface area contributed by atoms with E-state index in [1.807, 2.05) is 11.6 Å². The Morgan fingerprint density at radius 1 is 1.31 bits per heavy atom. The molecular weight excluding hydrogens is 356 g/mol. The van der Waals surface area contributed by atoms with Crippen LogP contribution >= 0.6 is 11.6 Å². The van der Waals surface area contributed by atoms with Crippen molar-refractivity contribution in [3.63, 3.8) is 0 Å². The molecule has 0 unspecified atom stereocenters. The number of rotatable bonds is 2. The van der Waals surface area contributed by atoms with Gasteiger partial charge in [0.05, 0.1) is 18.5 Å². The van der Waals surface area contributed by atoms with Crippen LogP contribution in [0.4, 0.5) is 17.5 Å². The van der Waals surface area contributed by atoms with E-state index >= 15 is 0 Å². The summed E-state index contributed by atoms with van der Waals surface area (Å²) < 4.78 is 13.4. The molecule has 2 aliphatic heterocycles. The van der Waals surface area contributed by atoms with E-state index in [-0.39, 0.29) is 0 Å². The van der Waals surface area contributed by atoms with Gasteiger partial charge in [0.1, 0.15) is 10.7 Å². The monoisotopic (exact) mass is 378 g/mol. The summed E-state index contributed by atoms with van der Waals surface area (Å²) >= 11 is 6.16. The third-order valence-electron chi connectivity index (χ3n) is 4.78. The van der Waals surface area contributed by atoms with Crippen molar-refractivity contribution in [2.75, 3.05) is 37.0 Å². The minimum absolute atomic E-state index is 0.470. The summed E-state index contributed by atoms with van der Waals surface area (Å²) in [6.45, 7) is 5.84. The van der Waals surface area contributed by atoms with Gasteiger partial charge in [-0.05, 0) is 32.1 Å². The maximum atomic E-state index is 6.16. The molecule has 9 heteroatoms. The number of aromatic nitrogens is 4. The molecule has 0 saturated carbocycles. The highest BCUT2D eigenvalue weighted by molar-refractivity contribution is 6.32. The van der Waals surface area contributed by atoms with Crippen LogP contribution in [0, 0.1) is 12.8 Å². The van der Waals surface area contributed by atoms with E-state index in [1.54, 1.807) is 6.20 Å². The fourth-order valence-electron chi connectivity index (χ4n) is 3.23. The van der Waals surface area contributed by atoms with Gasteiger partial charge in [-0.25, -0.2) is 4.98 Å². The van der Waals surface area contributed by atoms with Gasteiger partial charge in [0, 0.05) is 26.3 Å². The number of fused-ring (bicyclic) bond motifs is 3. The maximum Gasteiger partial charge on any atom is 0.257 e. The average molecular weight is 379 g/mol. The van der Waals surface area contributed by atoms with E-state index in [2.05, 4.69) is 20.6 Å². The summed E-state index contributed by atoms with van der Waals surface area (Å²) in [5, 5.41) is 11.7. The molecule has 8 nitrogen and oxygen atoms in total. The normalized spacial score (nSPS) is 18.1. The van der Waals surface area contributed by atoms with E-state index in [9.17, 15) is 0 Å². The minimum Gasteiger partial charge on any atom is -0.475 e. The van der Waals surface area contributed by atoms with Crippen molar-refractivity contribution in [1.29, 1.82) is 0 Å². The highest BCUT2D eigenvalue weighted by atomic mass is 35.5. The van der Waals surface area contributed by atoms with Gasteiger partial charge < -0.3 is 20.1 Å². The third-order valence-corrected chi connectivity index (χ3v) is 5.06. The van der Waals surface area contributed by atoms with Crippen LogP contribution in [0.3, 0.4) is 0 Å². The van der Waals surface area contributed by atoms with Gasteiger partial charge in [-0.1, -0.05) is 11.6 Å². The minimum atomic E-state index is 0.470. The van der Waals surface area contributed by atoms with Crippen LogP contribution in [0.15, 0.2) is 6.20 Å². The summed E-state index contributed by atoms with van der Waals surface area (Å²) in [5.74, 6) is 2.26. The van der Waals surface area contributed by atoms with Crippen LogP contribution < -0.4 is 15.4 Å². The SMILES string of the molecule is Cc1c2c(nn1CC1CCOCC1)OCCCNc1nc(ncc1Cl)N2. The van der Waals surface area contributed by atoms with E-state index in [1.165, 1.54) is 0 Å². The lowest BCUT2D eigenvalue weighted by Gasteiger charge is -2.22. The topological polar surface area (TPSA) is 86.1 Å². The summed E-state index contributed by atoms with van der Waals surface area (Å²) in [6, 6.07) is 0. The van der Waals surface area contributed by atoms with Crippen molar-refractivity contribution in [2.24, 2.45) is 5.92 Å². The molecule has 26 heavy (non-hydrogen) atoms. The van der Waals surface area contributed by atoms with Gasteiger partial charge >= 0.3 is 0 Å². The third kappa shape index (κ3) is 3.71. The van der Waals surface area contributed by atoms with Gasteiger partial charge in [-0.2, -0.15) is 4.98 Å². The lowest BCUT2D eigenvalue weighted by atomic mass is 10.0. The Morgan fingerprint density at radius 2 is 2.15 bits per heavy atom. The van der Waals surface area contributed by atoms with Crippen LogP contribution in [-0.2, 0) is 11.3 Å². The predicted molar refractivity (Wildman–Crippen MR) is 99.4 cm³/mol. The van der Waals surface area contributed by atoms with Gasteiger partial charge in [-0.15, -0.1) is 5.10 Å². The fourth-order valence-corrected chi connectivity index (χ4v) is 3.38. The number of nitrogens with zero attached hydrogens (tertiary/aromatic N) is 4. The molecular formula is C17H23ClN6O2. The molecule has 0 aliphatic carbocycles. The first-order valence-electron chi connectivity index (χ1n) is 9.02. The lowest BCUT2D eigenvalue weighted by Crippen LogP contribution is -2.21. The van der Waals surface area contributed by atoms with Gasteiger partial charge in [0.2, 0.25) is 5.95 Å². The zero-order valence-corrected chi connectivity index (χ0v) is 15.6. The smallest absolute Gasteiger partial charge is 0.257 e. The highest BCUT2D eigenvalue weighted by Crippen LogP contribution is 2.32. The molecule has 2 aliphatic rings. The van der Waals surface area contributed by atoms with Crippen LogP contribution in [-0.4, -0.2) is 46.1 Å². The number of hydrogen-bond donors (Lipinski definition) is 2. The van der Waals surface area contributed by atoms with Crippen molar-refractivity contribution in [3.8, 4) is 5.88 Å². The van der Waals surface area contributed by atoms with E-state index in [0.29, 0.717) is 41.7 Å². The lowest BCUT2D eigenvalue weighted by molar-refractivity contribution is 0.0598. The Hall–Kier alpha value is -2.06. The zero-order valence-electron chi connectivity index (χ0n) is 14.8. The molecule has 1 saturated heterocycles. The second-order valence-corrected chi connectivity index (χ2v) is 7.05. The average Bonchev–Trinajstić information content (AvgIpc) is 2.92. The number of hydrogen-bond acceptors (Lipinski definition) is 7. The number of nitrogens with one attached hydrogen (secondary N) is 2. The molecule has 0 spiro atoms. The van der Waals surface area contributed by atoms with Crippen LogP contribution in [0.25, 0.3) is 0 Å². The Kier molecular flexibility index (Phi) is 5.12. The van der Waals surface area contributed by atoms with E-state index in [4.69, 9.17) is 26.2 Å². The molecule has 1 fully saturated rings. The number of halogens is 1. The molecule has 0 radical (unpaired) electrons. The molecule has 2 bridgehead atoms. The summed E-state index contributed by atoms with van der Waals surface area (Å²) in [7, 11) is 0. The van der Waals surface area contributed by atoms with Gasteiger partial charge in [0.25, 0.3) is 5.88 Å². The Labute approximate surface area is 157 Å². The van der Waals surface area contributed by atoms with Crippen molar-refractivity contribution in [3.05, 3.63) is 16.9 Å². The molecule has 0 atom stereocenters. The van der Waals surface area contributed by atoms with Crippen molar-refractivity contribution < 1.29 is 9.47 Å². The summed E-state index contributed by atoms with van der Waals surface area (Å²) in [6.07, 6.45) is 4.54. The largest absolute Gasteiger partial charge is 0.475 e. The molecule has 0 aromatic carbocycles. The molecule has 2 aromatic heterocycles. The van der Waals surface area contributed by atoms with E-state index in [0.717, 1.165) is 50.4 Å². The van der Waals surface area contributed by atoms with Gasteiger partial charge in [-0.3, -0.25) is 4.68 Å². The Bertz CT molecular complexity index is 775. The van der Waals surface area contributed by atoms with Crippen molar-refractivity contribution in [2.45, 2.75) is 32.7 Å². The standard InChI is InChI=1S/C17H23ClN6O2/c1-11-14-16(23-24(11)10-12-3-7-25-8-4-12)26-6-2-5-19-15-13(18)9-20-17(21-14)22-15/h9,12H,2-8,10H2,1H3,(H2,19,20,21,22). The maximum absolute atomic E-state index is 6.16. The molecule has 4 heterocycles. The van der Waals surface area contributed by atoms with Crippen molar-refractivity contribution >= 4 is 29.1 Å². The zero-order chi connectivity index (χ0) is 17.9. The number of anilines is 3. The predicted octanol–water partition coefficient (Wildman–Crippen LogP) is 3.00. The second kappa shape index (κ2) is 7.67. The van der Waals surface area contributed by atoms with Crippen molar-refractivity contribution in [1.82, 2.24) is 19.7 Å². The molecule has 4 rings (SSSR count). The highest BCUT2D eigenvalue weighted by Gasteiger charge is 2.22. The van der Waals surface area contributed by atoms with Gasteiger partial charge in [0.15, 0.2) is 5.82 Å². The summed E-state index contributed by atoms with van der Waals surface area (Å²) in [4.78, 5) is 8.74. The fraction of sp³-hybridized carbons (Fsp3) is 0.588. The Morgan fingerprint density at radius 3 is 3.00 bits per heavy atom. The molecule has 0 amide bonds.